The quantitative estimate of drug-likeness (QED) is 0.0357. The van der Waals surface area contributed by atoms with E-state index in [1.165, 1.54) is 55.4 Å². The van der Waals surface area contributed by atoms with E-state index in [-0.39, 0.29) is 138 Å². The van der Waals surface area contributed by atoms with E-state index in [1.807, 2.05) is 27.7 Å². The van der Waals surface area contributed by atoms with E-state index in [2.05, 4.69) is 0 Å². The van der Waals surface area contributed by atoms with Crippen molar-refractivity contribution in [3.05, 3.63) is 91.0 Å². The van der Waals surface area contributed by atoms with Gasteiger partial charge in [0.15, 0.2) is 0 Å². The Labute approximate surface area is 756 Å². The fourth-order valence-electron chi connectivity index (χ4n) is 19.1. The lowest BCUT2D eigenvalue weighted by molar-refractivity contribution is -0.133. The van der Waals surface area contributed by atoms with Crippen LogP contribution >= 0.6 is 0 Å². The maximum absolute atomic E-state index is 15.7. The van der Waals surface area contributed by atoms with Gasteiger partial charge in [-0.05, 0) is 184 Å². The first kappa shape index (κ1) is 101. The van der Waals surface area contributed by atoms with Gasteiger partial charge in [0.1, 0.15) is 68.4 Å². The molecule has 4 aromatic rings. The highest BCUT2D eigenvalue weighted by Crippen LogP contribution is 2.58. The van der Waals surface area contributed by atoms with Crippen LogP contribution in [0.3, 0.4) is 0 Å². The molecular formula is C100H140N4O24. The van der Waals surface area contributed by atoms with Crippen molar-refractivity contribution in [2.45, 2.75) is 417 Å². The van der Waals surface area contributed by atoms with Crippen molar-refractivity contribution < 1.29 is 114 Å². The molecule has 0 aliphatic heterocycles. The summed E-state index contributed by atoms with van der Waals surface area (Å²) in [5.74, 6) is -13.8. The van der Waals surface area contributed by atoms with Crippen LogP contribution in [0.25, 0.3) is 0 Å². The van der Waals surface area contributed by atoms with E-state index >= 15 is 19.2 Å². The van der Waals surface area contributed by atoms with Crippen molar-refractivity contribution in [3.8, 4) is 46.0 Å². The first-order valence-corrected chi connectivity index (χ1v) is 46.3. The molecule has 4 amide bonds. The SMILES string of the molecule is CCC1c2cc(c(OC(C)=O)c(CN(C(=O)OC(C)(C)C)C3CCCCC3)c2OC(C)=O)C(CC)c2cc(c(OC(C)=O)c(CN(C(=O)OC(C)(C)C)C3CCCCC3)c2OC(C)=O)C(CC)c2cc(c(OC(C)=O)c(CN(C(=O)OC(C)(C)C)C3CCCCC3)c2OC(C)=O)C(CC)c2cc1c(OC(C)=O)c(CN(C(=O)OC(C)(C)C)C1CCCCC1)c2OC(C)=O. The number of hydrogen-bond acceptors (Lipinski definition) is 24. The molecule has 128 heavy (non-hydrogen) atoms. The van der Waals surface area contributed by atoms with E-state index in [9.17, 15) is 38.4 Å². The van der Waals surface area contributed by atoms with Crippen LogP contribution in [0.5, 0.6) is 46.0 Å². The molecule has 0 atom stereocenters. The predicted molar refractivity (Wildman–Crippen MR) is 479 cm³/mol. The van der Waals surface area contributed by atoms with Gasteiger partial charge in [-0.15, -0.1) is 0 Å². The molecule has 0 heterocycles. The van der Waals surface area contributed by atoms with Crippen molar-refractivity contribution in [1.29, 1.82) is 0 Å². The van der Waals surface area contributed by atoms with Gasteiger partial charge in [0.05, 0.1) is 48.4 Å². The summed E-state index contributed by atoms with van der Waals surface area (Å²) in [5.41, 5.74) is -3.33. The Morgan fingerprint density at radius 2 is 0.375 bits per heavy atom. The number of esters is 8. The Hall–Kier alpha value is -10.3. The van der Waals surface area contributed by atoms with Crippen LogP contribution in [-0.2, 0) is 83.5 Å². The molecule has 5 aliphatic rings. The molecule has 28 heteroatoms. The number of amides is 4. The van der Waals surface area contributed by atoms with Crippen molar-refractivity contribution >= 4 is 72.1 Å². The second kappa shape index (κ2) is 43.4. The normalized spacial score (nSPS) is 17.9. The Bertz CT molecular complexity index is 4000. The zero-order valence-corrected chi connectivity index (χ0v) is 80.3. The molecule has 9 rings (SSSR count). The van der Waals surface area contributed by atoms with Crippen molar-refractivity contribution in [2.75, 3.05) is 0 Å². The van der Waals surface area contributed by atoms with Crippen LogP contribution < -0.4 is 37.9 Å². The Morgan fingerprint density at radius 3 is 0.484 bits per heavy atom. The molecule has 704 valence electrons. The Balaban J connectivity index is 1.71. The fraction of sp³-hybridized carbons (Fsp3) is 0.640. The standard InChI is InChI=1S/C100H140N4O24/c1-25-69-73-49-75(87(119-59(7)107)81(85(73)117-57(5)105)53-101(65-41-33-29-34-42-65)93(113)125-97(13,14)15)70(26-2)77-51-79(91(123-63(11)111)83(89(77)121-61(9)109)55-103(67-45-37-31-38-46-67)95(115)127-99(19,20)21)72(28-4)80-52-78(90(122-62(10)110)84(92(80)124-64(12)112)56-104(68-47-39-32-40-48-68)96(116)128-100(22,23)24)71(27-3)76-50-74(69)86(118-58(6)106)82(88(76)120-60(8)108)54-102(66-43-35-30-36-44-66)94(114)126-98(16,17)18/h49-52,65-72H,25-48,53-56H2,1-24H3. The lowest BCUT2D eigenvalue weighted by Gasteiger charge is -2.38. The summed E-state index contributed by atoms with van der Waals surface area (Å²) in [4.78, 5) is 188. The fourth-order valence-corrected chi connectivity index (χ4v) is 19.1. The Morgan fingerprint density at radius 1 is 0.242 bits per heavy atom. The molecule has 5 aliphatic carbocycles. The highest BCUT2D eigenvalue weighted by molar-refractivity contribution is 5.83. The maximum atomic E-state index is 15.7. The third-order valence-corrected chi connectivity index (χ3v) is 24.0. The number of fused-ring (bicyclic) bond motifs is 8. The summed E-state index contributed by atoms with van der Waals surface area (Å²) in [5, 5.41) is 0. The summed E-state index contributed by atoms with van der Waals surface area (Å²) in [6.07, 6.45) is 9.82. The molecule has 0 unspecified atom stereocenters. The number of hydrogen-bond donors (Lipinski definition) is 0. The largest absolute Gasteiger partial charge is 0.444 e. The molecule has 0 saturated heterocycles. The van der Waals surface area contributed by atoms with E-state index in [4.69, 9.17) is 56.8 Å². The van der Waals surface area contributed by atoms with E-state index in [1.54, 1.807) is 127 Å². The zero-order valence-electron chi connectivity index (χ0n) is 80.3. The molecule has 4 saturated carbocycles. The molecular weight excluding hydrogens is 1640 g/mol. The van der Waals surface area contributed by atoms with Gasteiger partial charge in [-0.1, -0.05) is 105 Å². The first-order valence-electron chi connectivity index (χ1n) is 46.3. The third kappa shape index (κ3) is 26.1. The minimum Gasteiger partial charge on any atom is -0.444 e. The second-order valence-corrected chi connectivity index (χ2v) is 39.0. The second-order valence-electron chi connectivity index (χ2n) is 39.0. The monoisotopic (exact) mass is 1780 g/mol. The lowest BCUT2D eigenvalue weighted by Crippen LogP contribution is -2.44. The van der Waals surface area contributed by atoms with Crippen molar-refractivity contribution in [2.24, 2.45) is 0 Å². The topological polar surface area (TPSA) is 329 Å². The summed E-state index contributed by atoms with van der Waals surface area (Å²) in [6, 6.07) is 4.66. The molecule has 0 radical (unpaired) electrons. The summed E-state index contributed by atoms with van der Waals surface area (Å²) in [6.45, 7) is 35.8. The van der Waals surface area contributed by atoms with Crippen molar-refractivity contribution in [1.82, 2.24) is 19.6 Å². The number of ether oxygens (including phenoxy) is 12. The number of carbonyl (C=O) groups is 12. The summed E-state index contributed by atoms with van der Waals surface area (Å²) >= 11 is 0. The summed E-state index contributed by atoms with van der Waals surface area (Å²) in [7, 11) is 0. The van der Waals surface area contributed by atoms with E-state index in [0.29, 0.717) is 103 Å². The summed E-state index contributed by atoms with van der Waals surface area (Å²) < 4.78 is 79.9. The average molecular weight is 1780 g/mol. The molecule has 4 aromatic carbocycles. The highest BCUT2D eigenvalue weighted by Gasteiger charge is 2.46. The van der Waals surface area contributed by atoms with Crippen LogP contribution in [0.15, 0.2) is 24.3 Å². The zero-order chi connectivity index (χ0) is 94.5. The van der Waals surface area contributed by atoms with Crippen LogP contribution in [0.1, 0.15) is 411 Å². The van der Waals surface area contributed by atoms with Crippen LogP contribution in [0, 0.1) is 0 Å². The molecule has 28 nitrogen and oxygen atoms in total. The Kier molecular flexibility index (Phi) is 34.4. The number of nitrogens with zero attached hydrogens (tertiary/aromatic N) is 4. The van der Waals surface area contributed by atoms with Gasteiger partial charge in [0, 0.05) is 148 Å². The van der Waals surface area contributed by atoms with Gasteiger partial charge in [0.2, 0.25) is 0 Å². The van der Waals surface area contributed by atoms with Gasteiger partial charge >= 0.3 is 72.1 Å². The van der Waals surface area contributed by atoms with Gasteiger partial charge in [-0.25, -0.2) is 19.2 Å². The van der Waals surface area contributed by atoms with Gasteiger partial charge in [-0.2, -0.15) is 0 Å². The number of carbonyl (C=O) groups excluding carboxylic acids is 12. The third-order valence-electron chi connectivity index (χ3n) is 24.0. The highest BCUT2D eigenvalue weighted by atomic mass is 16.6. The van der Waals surface area contributed by atoms with Gasteiger partial charge in [0.25, 0.3) is 0 Å². The van der Waals surface area contributed by atoms with Gasteiger partial charge < -0.3 is 76.4 Å². The van der Waals surface area contributed by atoms with E-state index < -0.39 is 169 Å². The van der Waals surface area contributed by atoms with Crippen molar-refractivity contribution in [3.63, 3.8) is 0 Å². The first-order chi connectivity index (χ1) is 60.1. The lowest BCUT2D eigenvalue weighted by atomic mass is 9.75. The van der Waals surface area contributed by atoms with E-state index in [0.717, 1.165) is 25.7 Å². The van der Waals surface area contributed by atoms with Gasteiger partial charge in [-0.3, -0.25) is 38.4 Å². The van der Waals surface area contributed by atoms with Crippen LogP contribution in [-0.4, -0.2) is 138 Å². The minimum absolute atomic E-state index is 0.0257. The smallest absolute Gasteiger partial charge is 0.410 e. The molecule has 0 spiro atoms. The maximum Gasteiger partial charge on any atom is 0.410 e. The number of benzene rings is 4. The molecule has 0 N–H and O–H groups in total. The molecule has 8 bridgehead atoms. The molecule has 0 aromatic heterocycles. The van der Waals surface area contributed by atoms with Crippen LogP contribution in [0.2, 0.25) is 0 Å². The van der Waals surface area contributed by atoms with Crippen LogP contribution in [0.4, 0.5) is 19.2 Å². The minimum atomic E-state index is -1.26. The molecule has 4 fully saturated rings. The number of rotatable bonds is 24. The predicted octanol–water partition coefficient (Wildman–Crippen LogP) is 21.8. The average Bonchev–Trinajstić information content (AvgIpc) is 0.720.